The molecule has 0 saturated heterocycles. The molecule has 0 saturated carbocycles. The van der Waals surface area contributed by atoms with E-state index in [0.717, 1.165) is 22.4 Å². The maximum absolute atomic E-state index is 6.33. The normalized spacial score (nSPS) is 12.8. The molecule has 21 heavy (non-hydrogen) atoms. The Hall–Kier alpha value is -1.29. The van der Waals surface area contributed by atoms with Crippen molar-refractivity contribution in [3.8, 4) is 5.69 Å². The van der Waals surface area contributed by atoms with E-state index < -0.39 is 0 Å². The number of hydrogen-bond acceptors (Lipinski definition) is 2. The number of imidazole rings is 1. The Morgan fingerprint density at radius 1 is 1.19 bits per heavy atom. The van der Waals surface area contributed by atoms with Gasteiger partial charge in [0, 0.05) is 11.2 Å². The summed E-state index contributed by atoms with van der Waals surface area (Å²) in [4.78, 5) is 9.06. The highest BCUT2D eigenvalue weighted by Crippen LogP contribution is 2.32. The van der Waals surface area contributed by atoms with Crippen LogP contribution in [-0.2, 0) is 0 Å². The van der Waals surface area contributed by atoms with Gasteiger partial charge in [0.05, 0.1) is 16.1 Å². The first kappa shape index (κ1) is 14.6. The molecular weight excluding hydrogens is 329 g/mol. The number of aryl methyl sites for hydroxylation is 1. The molecule has 6 heteroatoms. The van der Waals surface area contributed by atoms with Crippen LogP contribution in [0.15, 0.2) is 30.5 Å². The zero-order valence-electron chi connectivity index (χ0n) is 11.4. The molecule has 0 bridgehead atoms. The maximum atomic E-state index is 6.33. The van der Waals surface area contributed by atoms with Crippen molar-refractivity contribution in [1.29, 1.82) is 0 Å². The third-order valence-electron chi connectivity index (χ3n) is 3.28. The molecule has 0 fully saturated rings. The van der Waals surface area contributed by atoms with Crippen LogP contribution in [0.25, 0.3) is 16.9 Å². The van der Waals surface area contributed by atoms with E-state index in [-0.39, 0.29) is 5.38 Å². The van der Waals surface area contributed by atoms with Crippen molar-refractivity contribution in [2.24, 2.45) is 0 Å². The molecule has 1 aromatic carbocycles. The summed E-state index contributed by atoms with van der Waals surface area (Å²) in [6.07, 6.45) is 1.75. The Balaban J connectivity index is 2.39. The fourth-order valence-electron chi connectivity index (χ4n) is 2.28. The Labute approximate surface area is 137 Å². The SMILES string of the molecule is Cc1ccnc2c1nc(C(C)Cl)n2-c1ccc(Cl)cc1Cl. The van der Waals surface area contributed by atoms with Gasteiger partial charge in [-0.05, 0) is 43.7 Å². The van der Waals surface area contributed by atoms with Crippen LogP contribution in [0.3, 0.4) is 0 Å². The maximum Gasteiger partial charge on any atom is 0.165 e. The summed E-state index contributed by atoms with van der Waals surface area (Å²) in [6.45, 7) is 3.87. The lowest BCUT2D eigenvalue weighted by molar-refractivity contribution is 0.877. The van der Waals surface area contributed by atoms with Gasteiger partial charge in [-0.2, -0.15) is 0 Å². The average Bonchev–Trinajstić information content (AvgIpc) is 2.80. The first-order valence-corrected chi connectivity index (χ1v) is 7.61. The van der Waals surface area contributed by atoms with E-state index in [0.29, 0.717) is 15.9 Å². The van der Waals surface area contributed by atoms with E-state index in [1.807, 2.05) is 30.5 Å². The van der Waals surface area contributed by atoms with Crippen molar-refractivity contribution in [2.45, 2.75) is 19.2 Å². The molecule has 0 aliphatic carbocycles. The first-order valence-electron chi connectivity index (χ1n) is 6.42. The molecule has 0 amide bonds. The molecule has 0 spiro atoms. The second kappa shape index (κ2) is 5.48. The molecular formula is C15H12Cl3N3. The lowest BCUT2D eigenvalue weighted by Gasteiger charge is -2.11. The van der Waals surface area contributed by atoms with E-state index in [4.69, 9.17) is 34.8 Å². The summed E-state index contributed by atoms with van der Waals surface area (Å²) in [6, 6.07) is 7.25. The molecule has 0 aliphatic heterocycles. The average molecular weight is 341 g/mol. The van der Waals surface area contributed by atoms with Gasteiger partial charge in [-0.1, -0.05) is 23.2 Å². The quantitative estimate of drug-likeness (QED) is 0.590. The van der Waals surface area contributed by atoms with Crippen molar-refractivity contribution in [2.75, 3.05) is 0 Å². The molecule has 3 nitrogen and oxygen atoms in total. The third-order valence-corrected chi connectivity index (χ3v) is 4.01. The second-order valence-corrected chi connectivity index (χ2v) is 6.32. The number of rotatable bonds is 2. The molecule has 1 atom stereocenters. The van der Waals surface area contributed by atoms with Gasteiger partial charge in [0.25, 0.3) is 0 Å². The number of alkyl halides is 1. The largest absolute Gasteiger partial charge is 0.278 e. The summed E-state index contributed by atoms with van der Waals surface area (Å²) >= 11 is 18.6. The summed E-state index contributed by atoms with van der Waals surface area (Å²) in [5, 5.41) is 0.840. The molecule has 3 aromatic rings. The second-order valence-electron chi connectivity index (χ2n) is 4.82. The van der Waals surface area contributed by atoms with Crippen molar-refractivity contribution in [3.05, 3.63) is 51.9 Å². The summed E-state index contributed by atoms with van der Waals surface area (Å²) in [5.41, 5.74) is 3.37. The lowest BCUT2D eigenvalue weighted by atomic mass is 10.2. The summed E-state index contributed by atoms with van der Waals surface area (Å²) in [7, 11) is 0. The predicted octanol–water partition coefficient (Wildman–Crippen LogP) is 5.34. The lowest BCUT2D eigenvalue weighted by Crippen LogP contribution is -2.03. The van der Waals surface area contributed by atoms with Crippen molar-refractivity contribution < 1.29 is 0 Å². The van der Waals surface area contributed by atoms with Crippen LogP contribution in [-0.4, -0.2) is 14.5 Å². The summed E-state index contributed by atoms with van der Waals surface area (Å²) in [5.74, 6) is 0.706. The number of hydrogen-bond donors (Lipinski definition) is 0. The minimum absolute atomic E-state index is 0.273. The van der Waals surface area contributed by atoms with Crippen molar-refractivity contribution in [3.63, 3.8) is 0 Å². The topological polar surface area (TPSA) is 30.7 Å². The highest BCUT2D eigenvalue weighted by Gasteiger charge is 2.19. The molecule has 0 N–H and O–H groups in total. The highest BCUT2D eigenvalue weighted by molar-refractivity contribution is 6.35. The highest BCUT2D eigenvalue weighted by atomic mass is 35.5. The van der Waals surface area contributed by atoms with E-state index in [2.05, 4.69) is 9.97 Å². The monoisotopic (exact) mass is 339 g/mol. The van der Waals surface area contributed by atoms with Gasteiger partial charge in [-0.15, -0.1) is 11.6 Å². The number of benzene rings is 1. The molecule has 2 aromatic heterocycles. The summed E-state index contributed by atoms with van der Waals surface area (Å²) < 4.78 is 1.89. The first-order chi connectivity index (χ1) is 9.99. The molecule has 0 radical (unpaired) electrons. The standard InChI is InChI=1S/C15H12Cl3N3/c1-8-5-6-19-15-13(8)20-14(9(2)16)21(15)12-4-3-10(17)7-11(12)18/h3-7,9H,1-2H3. The van der Waals surface area contributed by atoms with Crippen molar-refractivity contribution >= 4 is 46.0 Å². The third kappa shape index (κ3) is 2.50. The fraction of sp³-hybridized carbons (Fsp3) is 0.200. The van der Waals surface area contributed by atoms with Crippen LogP contribution in [0, 0.1) is 6.92 Å². The zero-order chi connectivity index (χ0) is 15.1. The van der Waals surface area contributed by atoms with Crippen LogP contribution in [0.4, 0.5) is 0 Å². The number of pyridine rings is 1. The molecule has 1 unspecified atom stereocenters. The minimum Gasteiger partial charge on any atom is -0.278 e. The Kier molecular flexibility index (Phi) is 3.82. The van der Waals surface area contributed by atoms with Gasteiger partial charge in [0.15, 0.2) is 5.65 Å². The Morgan fingerprint density at radius 3 is 2.62 bits per heavy atom. The van der Waals surface area contributed by atoms with E-state index >= 15 is 0 Å². The minimum atomic E-state index is -0.273. The number of nitrogens with zero attached hydrogens (tertiary/aromatic N) is 3. The van der Waals surface area contributed by atoms with E-state index in [1.165, 1.54) is 0 Å². The number of halogens is 3. The van der Waals surface area contributed by atoms with Gasteiger partial charge in [-0.3, -0.25) is 4.57 Å². The zero-order valence-corrected chi connectivity index (χ0v) is 13.7. The molecule has 2 heterocycles. The van der Waals surface area contributed by atoms with Crippen LogP contribution in [0.2, 0.25) is 10.0 Å². The predicted molar refractivity (Wildman–Crippen MR) is 87.9 cm³/mol. The van der Waals surface area contributed by atoms with Gasteiger partial charge >= 0.3 is 0 Å². The van der Waals surface area contributed by atoms with Gasteiger partial charge in [-0.25, -0.2) is 9.97 Å². The fourth-order valence-corrected chi connectivity index (χ4v) is 2.92. The van der Waals surface area contributed by atoms with Crippen molar-refractivity contribution in [1.82, 2.24) is 14.5 Å². The van der Waals surface area contributed by atoms with Gasteiger partial charge in [0.2, 0.25) is 0 Å². The van der Waals surface area contributed by atoms with Crippen LogP contribution in [0.1, 0.15) is 23.7 Å². The molecule has 3 rings (SSSR count). The molecule has 108 valence electrons. The Morgan fingerprint density at radius 2 is 1.95 bits per heavy atom. The van der Waals surface area contributed by atoms with Gasteiger partial charge < -0.3 is 0 Å². The smallest absolute Gasteiger partial charge is 0.165 e. The Bertz CT molecular complexity index is 824. The van der Waals surface area contributed by atoms with Crippen LogP contribution >= 0.6 is 34.8 Å². The van der Waals surface area contributed by atoms with Gasteiger partial charge in [0.1, 0.15) is 11.3 Å². The van der Waals surface area contributed by atoms with E-state index in [1.54, 1.807) is 18.3 Å². The van der Waals surface area contributed by atoms with E-state index in [9.17, 15) is 0 Å². The van der Waals surface area contributed by atoms with Crippen LogP contribution < -0.4 is 0 Å². The number of fused-ring (bicyclic) bond motifs is 1. The molecule has 0 aliphatic rings. The number of aromatic nitrogens is 3. The van der Waals surface area contributed by atoms with Crippen LogP contribution in [0.5, 0.6) is 0 Å².